The fourth-order valence-electron chi connectivity index (χ4n) is 1.07. The number of hydrogen-bond donors (Lipinski definition) is 0. The van der Waals surface area contributed by atoms with E-state index in [0.29, 0.717) is 13.2 Å². The largest absolute Gasteiger partial charge is 0.415 e. The summed E-state index contributed by atoms with van der Waals surface area (Å²) in [6, 6.07) is 0. The fraction of sp³-hybridized carbons (Fsp3) is 1.00. The second-order valence-electron chi connectivity index (χ2n) is 2.55. The first-order valence-electron chi connectivity index (χ1n) is 3.61. The predicted octanol–water partition coefficient (Wildman–Crippen LogP) is 2.60. The summed E-state index contributed by atoms with van der Waals surface area (Å²) in [5.41, 5.74) is 0. The first kappa shape index (κ1) is 9.30. The van der Waals surface area contributed by atoms with Gasteiger partial charge in [-0.1, -0.05) is 0 Å². The van der Waals surface area contributed by atoms with Crippen molar-refractivity contribution in [2.24, 2.45) is 5.92 Å². The Balaban J connectivity index is 2.05. The molecule has 0 aliphatic carbocycles. The van der Waals surface area contributed by atoms with Gasteiger partial charge < -0.3 is 9.26 Å². The highest BCUT2D eigenvalue weighted by molar-refractivity contribution is 7.40. The zero-order valence-corrected chi connectivity index (χ0v) is 7.03. The molecule has 2 nitrogen and oxygen atoms in total. The van der Waals surface area contributed by atoms with Gasteiger partial charge in [-0.25, -0.2) is 0 Å². The molecular weight excluding hydrogens is 173 g/mol. The van der Waals surface area contributed by atoms with Crippen molar-refractivity contribution in [2.75, 3.05) is 19.8 Å². The van der Waals surface area contributed by atoms with Crippen LogP contribution >= 0.6 is 8.77 Å². The Hall–Kier alpha value is 0.210. The molecule has 0 amide bonds. The zero-order valence-electron chi connectivity index (χ0n) is 6.13. The third kappa shape index (κ3) is 3.94. The SMILES string of the molecule is FP(F)OCC1CCOCC1. The normalized spacial score (nSPS) is 21.0. The van der Waals surface area contributed by atoms with Crippen LogP contribution in [0.3, 0.4) is 0 Å². The van der Waals surface area contributed by atoms with Crippen LogP contribution in [0.25, 0.3) is 0 Å². The van der Waals surface area contributed by atoms with E-state index in [1.165, 1.54) is 0 Å². The van der Waals surface area contributed by atoms with Gasteiger partial charge in [0.15, 0.2) is 0 Å². The lowest BCUT2D eigenvalue weighted by molar-refractivity contribution is 0.0496. The van der Waals surface area contributed by atoms with Crippen molar-refractivity contribution in [3.05, 3.63) is 0 Å². The molecule has 0 radical (unpaired) electrons. The van der Waals surface area contributed by atoms with Crippen LogP contribution in [0.2, 0.25) is 0 Å². The minimum Gasteiger partial charge on any atom is -0.381 e. The maximum Gasteiger partial charge on any atom is 0.415 e. The number of rotatable bonds is 3. The molecule has 0 aromatic carbocycles. The van der Waals surface area contributed by atoms with Gasteiger partial charge >= 0.3 is 8.77 Å². The van der Waals surface area contributed by atoms with Gasteiger partial charge in [-0.3, -0.25) is 0 Å². The Bertz CT molecular complexity index is 107. The van der Waals surface area contributed by atoms with Crippen LogP contribution < -0.4 is 0 Å². The lowest BCUT2D eigenvalue weighted by Crippen LogP contribution is -2.18. The maximum atomic E-state index is 11.6. The quantitative estimate of drug-likeness (QED) is 0.627. The summed E-state index contributed by atoms with van der Waals surface area (Å²) < 4.78 is 32.5. The van der Waals surface area contributed by atoms with Crippen molar-refractivity contribution in [1.29, 1.82) is 0 Å². The van der Waals surface area contributed by atoms with Crippen molar-refractivity contribution in [1.82, 2.24) is 0 Å². The molecule has 1 rings (SSSR count). The molecule has 0 spiro atoms. The van der Waals surface area contributed by atoms with Crippen LogP contribution in [0.5, 0.6) is 0 Å². The molecule has 1 aliphatic rings. The summed E-state index contributed by atoms with van der Waals surface area (Å²) in [4.78, 5) is 0. The number of hydrogen-bond acceptors (Lipinski definition) is 2. The Morgan fingerprint density at radius 1 is 1.36 bits per heavy atom. The second-order valence-corrected chi connectivity index (χ2v) is 3.22. The Kier molecular flexibility index (Phi) is 4.20. The molecule has 1 saturated heterocycles. The van der Waals surface area contributed by atoms with Crippen molar-refractivity contribution >= 4 is 8.77 Å². The standard InChI is InChI=1S/C6H11F2O2P/c7-11(8)10-5-6-1-3-9-4-2-6/h6H,1-5H2. The average molecular weight is 184 g/mol. The van der Waals surface area contributed by atoms with Gasteiger partial charge in [0.2, 0.25) is 0 Å². The second kappa shape index (κ2) is 4.96. The minimum absolute atomic E-state index is 0.196. The van der Waals surface area contributed by atoms with Crippen molar-refractivity contribution in [3.63, 3.8) is 0 Å². The van der Waals surface area contributed by atoms with Crippen LogP contribution in [0.1, 0.15) is 12.8 Å². The van der Waals surface area contributed by atoms with Crippen LogP contribution in [0, 0.1) is 5.92 Å². The lowest BCUT2D eigenvalue weighted by Gasteiger charge is -2.20. The van der Waals surface area contributed by atoms with E-state index in [-0.39, 0.29) is 12.5 Å². The maximum absolute atomic E-state index is 11.6. The third-order valence-corrected chi connectivity index (χ3v) is 2.09. The predicted molar refractivity (Wildman–Crippen MR) is 38.6 cm³/mol. The van der Waals surface area contributed by atoms with E-state index < -0.39 is 8.77 Å². The van der Waals surface area contributed by atoms with Gasteiger partial charge in [0, 0.05) is 13.2 Å². The fourth-order valence-corrected chi connectivity index (χ4v) is 1.40. The Morgan fingerprint density at radius 3 is 2.55 bits per heavy atom. The van der Waals surface area contributed by atoms with E-state index in [1.807, 2.05) is 0 Å². The summed E-state index contributed by atoms with van der Waals surface area (Å²) in [5.74, 6) is 0.278. The van der Waals surface area contributed by atoms with Crippen molar-refractivity contribution in [2.45, 2.75) is 12.8 Å². The Labute approximate surface area is 65.9 Å². The lowest BCUT2D eigenvalue weighted by atomic mass is 10.0. The smallest absolute Gasteiger partial charge is 0.381 e. The molecule has 0 saturated carbocycles. The van der Waals surface area contributed by atoms with E-state index in [9.17, 15) is 8.39 Å². The highest BCUT2D eigenvalue weighted by atomic mass is 31.2. The van der Waals surface area contributed by atoms with Gasteiger partial charge in [0.1, 0.15) is 0 Å². The van der Waals surface area contributed by atoms with Crippen LogP contribution in [-0.4, -0.2) is 19.8 Å². The minimum atomic E-state index is -3.17. The first-order chi connectivity index (χ1) is 5.29. The summed E-state index contributed by atoms with van der Waals surface area (Å²) in [7, 11) is -3.17. The van der Waals surface area contributed by atoms with Gasteiger partial charge in [0.25, 0.3) is 0 Å². The van der Waals surface area contributed by atoms with Crippen molar-refractivity contribution in [3.8, 4) is 0 Å². The van der Waals surface area contributed by atoms with E-state index in [4.69, 9.17) is 4.74 Å². The monoisotopic (exact) mass is 184 g/mol. The van der Waals surface area contributed by atoms with Gasteiger partial charge in [-0.2, -0.15) is 8.39 Å². The van der Waals surface area contributed by atoms with Gasteiger partial charge in [-0.05, 0) is 18.8 Å². The molecule has 0 N–H and O–H groups in total. The molecule has 0 aromatic rings. The highest BCUT2D eigenvalue weighted by Gasteiger charge is 2.16. The first-order valence-corrected chi connectivity index (χ1v) is 4.65. The van der Waals surface area contributed by atoms with Crippen LogP contribution in [-0.2, 0) is 9.26 Å². The third-order valence-electron chi connectivity index (χ3n) is 1.75. The van der Waals surface area contributed by atoms with E-state index in [2.05, 4.69) is 4.52 Å². The molecule has 0 atom stereocenters. The van der Waals surface area contributed by atoms with E-state index in [0.717, 1.165) is 12.8 Å². The van der Waals surface area contributed by atoms with E-state index >= 15 is 0 Å². The molecular formula is C6H11F2O2P. The van der Waals surface area contributed by atoms with Crippen LogP contribution in [0.4, 0.5) is 8.39 Å². The molecule has 1 heterocycles. The summed E-state index contributed by atoms with van der Waals surface area (Å²) in [6.45, 7) is 1.57. The summed E-state index contributed by atoms with van der Waals surface area (Å²) >= 11 is 0. The molecule has 0 bridgehead atoms. The molecule has 0 aromatic heterocycles. The summed E-state index contributed by atoms with van der Waals surface area (Å²) in [6.07, 6.45) is 1.70. The highest BCUT2D eigenvalue weighted by Crippen LogP contribution is 2.40. The van der Waals surface area contributed by atoms with Gasteiger partial charge in [-0.15, -0.1) is 0 Å². The average Bonchev–Trinajstić information content (AvgIpc) is 2.03. The Morgan fingerprint density at radius 2 is 2.00 bits per heavy atom. The molecule has 0 unspecified atom stereocenters. The zero-order chi connectivity index (χ0) is 8.10. The molecule has 11 heavy (non-hydrogen) atoms. The molecule has 1 fully saturated rings. The number of halogens is 2. The van der Waals surface area contributed by atoms with Gasteiger partial charge in [0.05, 0.1) is 6.61 Å². The molecule has 5 heteroatoms. The van der Waals surface area contributed by atoms with E-state index in [1.54, 1.807) is 0 Å². The van der Waals surface area contributed by atoms with Crippen LogP contribution in [0.15, 0.2) is 0 Å². The molecule has 1 aliphatic heterocycles. The molecule has 66 valence electrons. The van der Waals surface area contributed by atoms with Crippen molar-refractivity contribution < 1.29 is 17.7 Å². The number of ether oxygens (including phenoxy) is 1. The topological polar surface area (TPSA) is 18.5 Å². The summed E-state index contributed by atoms with van der Waals surface area (Å²) in [5, 5.41) is 0.